The van der Waals surface area contributed by atoms with Gasteiger partial charge in [-0.2, -0.15) is 17.0 Å². The average Bonchev–Trinajstić information content (AvgIpc) is 2.77. The van der Waals surface area contributed by atoms with Gasteiger partial charge in [0.05, 0.1) is 0 Å². The van der Waals surface area contributed by atoms with Gasteiger partial charge < -0.3 is 10.2 Å². The van der Waals surface area contributed by atoms with Crippen molar-refractivity contribution in [3.8, 4) is 0 Å². The zero-order valence-corrected chi connectivity index (χ0v) is 13.4. The smallest absolute Gasteiger partial charge is 0.282 e. The number of nitrogens with zero attached hydrogens (tertiary/aromatic N) is 3. The van der Waals surface area contributed by atoms with Gasteiger partial charge in [0, 0.05) is 32.7 Å². The molecule has 1 heterocycles. The lowest BCUT2D eigenvalue weighted by atomic mass is 10.2. The van der Waals surface area contributed by atoms with Crippen molar-refractivity contribution >= 4 is 10.2 Å². The lowest BCUT2D eigenvalue weighted by Gasteiger charge is -2.30. The van der Waals surface area contributed by atoms with Crippen LogP contribution >= 0.6 is 0 Å². The Morgan fingerprint density at radius 2 is 2.00 bits per heavy atom. The maximum atomic E-state index is 12.5. The molecule has 0 radical (unpaired) electrons. The van der Waals surface area contributed by atoms with Crippen molar-refractivity contribution in [2.45, 2.75) is 25.3 Å². The first kappa shape index (κ1) is 16.8. The van der Waals surface area contributed by atoms with Gasteiger partial charge >= 0.3 is 0 Å². The van der Waals surface area contributed by atoms with Crippen molar-refractivity contribution in [2.24, 2.45) is 0 Å². The summed E-state index contributed by atoms with van der Waals surface area (Å²) in [6, 6.07) is 0.117. The molecule has 1 aliphatic rings. The van der Waals surface area contributed by atoms with E-state index in [1.807, 2.05) is 21.1 Å². The molecular weight excluding hydrogens is 264 g/mol. The van der Waals surface area contributed by atoms with Gasteiger partial charge in [-0.3, -0.25) is 0 Å². The highest BCUT2D eigenvalue weighted by atomic mass is 32.2. The Balaban J connectivity index is 2.64. The summed E-state index contributed by atoms with van der Waals surface area (Å²) in [5.41, 5.74) is 0. The predicted octanol–water partition coefficient (Wildman–Crippen LogP) is -0.201. The summed E-state index contributed by atoms with van der Waals surface area (Å²) < 4.78 is 28.2. The second kappa shape index (κ2) is 7.54. The van der Waals surface area contributed by atoms with Crippen molar-refractivity contribution in [3.63, 3.8) is 0 Å². The van der Waals surface area contributed by atoms with Crippen molar-refractivity contribution in [3.05, 3.63) is 0 Å². The number of rotatable bonds is 8. The SMILES string of the molecule is CNCCCN(C)S(=O)(=O)N1CCCC1CN(C)C. The molecule has 1 fully saturated rings. The van der Waals surface area contributed by atoms with Gasteiger partial charge in [-0.25, -0.2) is 0 Å². The largest absolute Gasteiger partial charge is 0.320 e. The number of nitrogens with one attached hydrogen (secondary N) is 1. The third kappa shape index (κ3) is 4.68. The van der Waals surface area contributed by atoms with Crippen LogP contribution in [0, 0.1) is 0 Å². The summed E-state index contributed by atoms with van der Waals surface area (Å²) in [6.45, 7) is 2.84. The first-order valence-electron chi connectivity index (χ1n) is 6.92. The molecule has 0 aliphatic carbocycles. The summed E-state index contributed by atoms with van der Waals surface area (Å²) in [4.78, 5) is 2.06. The number of hydrogen-bond donors (Lipinski definition) is 1. The fourth-order valence-electron chi connectivity index (χ4n) is 2.49. The zero-order chi connectivity index (χ0) is 14.5. The predicted molar refractivity (Wildman–Crippen MR) is 78.4 cm³/mol. The molecule has 7 heteroatoms. The monoisotopic (exact) mass is 292 g/mol. The van der Waals surface area contributed by atoms with Gasteiger partial charge in [0.25, 0.3) is 10.2 Å². The van der Waals surface area contributed by atoms with Gasteiger partial charge in [0.2, 0.25) is 0 Å². The molecular formula is C12H28N4O2S. The minimum absolute atomic E-state index is 0.117. The summed E-state index contributed by atoms with van der Waals surface area (Å²) in [5, 5.41) is 3.04. The van der Waals surface area contributed by atoms with E-state index in [2.05, 4.69) is 10.2 Å². The van der Waals surface area contributed by atoms with Gasteiger partial charge in [0.15, 0.2) is 0 Å². The van der Waals surface area contributed by atoms with Crippen molar-refractivity contribution < 1.29 is 8.42 Å². The summed E-state index contributed by atoms with van der Waals surface area (Å²) in [5.74, 6) is 0. The third-order valence-corrected chi connectivity index (χ3v) is 5.53. The Hall–Kier alpha value is -0.210. The van der Waals surface area contributed by atoms with Crippen LogP contribution in [0.5, 0.6) is 0 Å². The summed E-state index contributed by atoms with van der Waals surface area (Å²) in [6.07, 6.45) is 2.75. The van der Waals surface area contributed by atoms with E-state index in [4.69, 9.17) is 0 Å². The van der Waals surface area contributed by atoms with E-state index >= 15 is 0 Å². The first-order chi connectivity index (χ1) is 8.89. The van der Waals surface area contributed by atoms with Crippen molar-refractivity contribution in [2.75, 3.05) is 54.4 Å². The normalized spacial score (nSPS) is 21.7. The lowest BCUT2D eigenvalue weighted by Crippen LogP contribution is -2.47. The molecule has 1 unspecified atom stereocenters. The van der Waals surface area contributed by atoms with E-state index in [-0.39, 0.29) is 6.04 Å². The van der Waals surface area contributed by atoms with Crippen LogP contribution < -0.4 is 5.32 Å². The highest BCUT2D eigenvalue weighted by molar-refractivity contribution is 7.86. The standard InChI is InChI=1S/C12H28N4O2S/c1-13-8-6-9-15(4)19(17,18)16-10-5-7-12(16)11-14(2)3/h12-13H,5-11H2,1-4H3. The molecule has 0 aromatic rings. The van der Waals surface area contributed by atoms with Crippen LogP contribution in [-0.2, 0) is 10.2 Å². The fourth-order valence-corrected chi connectivity index (χ4v) is 4.12. The zero-order valence-electron chi connectivity index (χ0n) is 12.6. The van der Waals surface area contributed by atoms with Crippen LogP contribution in [0.1, 0.15) is 19.3 Å². The lowest BCUT2D eigenvalue weighted by molar-refractivity contribution is 0.276. The molecule has 0 aromatic carbocycles. The quantitative estimate of drug-likeness (QED) is 0.630. The first-order valence-corrected chi connectivity index (χ1v) is 8.31. The van der Waals surface area contributed by atoms with Crippen molar-refractivity contribution in [1.29, 1.82) is 0 Å². The molecule has 114 valence electrons. The van der Waals surface area contributed by atoms with E-state index in [1.165, 1.54) is 4.31 Å². The highest BCUT2D eigenvalue weighted by Gasteiger charge is 2.36. The van der Waals surface area contributed by atoms with E-state index in [1.54, 1.807) is 11.4 Å². The van der Waals surface area contributed by atoms with Crippen LogP contribution in [0.15, 0.2) is 0 Å². The van der Waals surface area contributed by atoms with Gasteiger partial charge in [-0.15, -0.1) is 0 Å². The highest BCUT2D eigenvalue weighted by Crippen LogP contribution is 2.23. The van der Waals surface area contributed by atoms with Crippen LogP contribution in [0.2, 0.25) is 0 Å². The molecule has 0 amide bonds. The Kier molecular flexibility index (Phi) is 6.68. The Morgan fingerprint density at radius 3 is 2.58 bits per heavy atom. The molecule has 1 atom stereocenters. The molecule has 0 bridgehead atoms. The van der Waals surface area contributed by atoms with Crippen LogP contribution in [0.25, 0.3) is 0 Å². The molecule has 1 aliphatic heterocycles. The van der Waals surface area contributed by atoms with Crippen LogP contribution in [-0.4, -0.2) is 82.3 Å². The van der Waals surface area contributed by atoms with E-state index < -0.39 is 10.2 Å². The molecule has 1 rings (SSSR count). The van der Waals surface area contributed by atoms with E-state index in [9.17, 15) is 8.42 Å². The summed E-state index contributed by atoms with van der Waals surface area (Å²) in [7, 11) is 4.22. The number of hydrogen-bond acceptors (Lipinski definition) is 4. The molecule has 1 saturated heterocycles. The topological polar surface area (TPSA) is 55.9 Å². The second-order valence-corrected chi connectivity index (χ2v) is 7.44. The molecule has 0 spiro atoms. The Morgan fingerprint density at radius 1 is 1.32 bits per heavy atom. The average molecular weight is 292 g/mol. The molecule has 0 aromatic heterocycles. The molecule has 19 heavy (non-hydrogen) atoms. The van der Waals surface area contributed by atoms with E-state index in [0.29, 0.717) is 13.1 Å². The van der Waals surface area contributed by atoms with Gasteiger partial charge in [-0.1, -0.05) is 0 Å². The van der Waals surface area contributed by atoms with Crippen molar-refractivity contribution in [1.82, 2.24) is 18.8 Å². The van der Waals surface area contributed by atoms with Gasteiger partial charge in [0.1, 0.15) is 0 Å². The molecule has 1 N–H and O–H groups in total. The maximum Gasteiger partial charge on any atom is 0.282 e. The minimum atomic E-state index is -3.30. The Bertz CT molecular complexity index is 359. The second-order valence-electron chi connectivity index (χ2n) is 5.46. The van der Waals surface area contributed by atoms with Gasteiger partial charge in [-0.05, 0) is 47.0 Å². The third-order valence-electron chi connectivity index (χ3n) is 3.49. The Labute approximate surface area is 117 Å². The number of likely N-dealkylation sites (N-methyl/N-ethyl adjacent to an activating group) is 1. The minimum Gasteiger partial charge on any atom is -0.320 e. The molecule has 0 saturated carbocycles. The molecule has 6 nitrogen and oxygen atoms in total. The van der Waals surface area contributed by atoms with E-state index in [0.717, 1.165) is 32.4 Å². The van der Waals surface area contributed by atoms with Crippen LogP contribution in [0.3, 0.4) is 0 Å². The maximum absolute atomic E-state index is 12.5. The summed E-state index contributed by atoms with van der Waals surface area (Å²) >= 11 is 0. The fraction of sp³-hybridized carbons (Fsp3) is 1.00. The van der Waals surface area contributed by atoms with Crippen LogP contribution in [0.4, 0.5) is 0 Å².